The minimum Gasteiger partial charge on any atom is -0.452 e. The number of anilines is 2. The van der Waals surface area contributed by atoms with Crippen molar-refractivity contribution in [1.29, 1.82) is 0 Å². The number of nitrogens with one attached hydrogen (secondary N) is 1. The molecule has 0 aliphatic rings. The molecule has 0 unspecified atom stereocenters. The van der Waals surface area contributed by atoms with E-state index in [1.54, 1.807) is 36.9 Å². The lowest BCUT2D eigenvalue weighted by molar-refractivity contribution is -0.119. The molecule has 0 saturated heterocycles. The number of halogens is 3. The van der Waals surface area contributed by atoms with Crippen LogP contribution in [-0.2, 0) is 16.6 Å². The Bertz CT molecular complexity index is 1240. The Hall–Kier alpha value is -1.62. The molecule has 31 heavy (non-hydrogen) atoms. The molecule has 1 heterocycles. The van der Waals surface area contributed by atoms with Crippen LogP contribution in [0.15, 0.2) is 41.2 Å². The predicted octanol–water partition coefficient (Wildman–Crippen LogP) is 3.68. The van der Waals surface area contributed by atoms with Gasteiger partial charge in [-0.15, -0.1) is 0 Å². The van der Waals surface area contributed by atoms with E-state index in [-0.39, 0.29) is 11.2 Å². The normalized spacial score (nSPS) is 10.7. The highest BCUT2D eigenvalue weighted by Gasteiger charge is 2.22. The van der Waals surface area contributed by atoms with Crippen molar-refractivity contribution in [2.75, 3.05) is 17.7 Å². The molecule has 1 amide bonds. The van der Waals surface area contributed by atoms with Crippen molar-refractivity contribution in [2.45, 2.75) is 6.92 Å². The summed E-state index contributed by atoms with van der Waals surface area (Å²) < 4.78 is 10.4. The molecule has 0 aliphatic carbocycles. The van der Waals surface area contributed by atoms with Gasteiger partial charge in [0.25, 0.3) is 11.5 Å². The van der Waals surface area contributed by atoms with E-state index in [2.05, 4.69) is 27.9 Å². The van der Waals surface area contributed by atoms with Crippen molar-refractivity contribution in [3.05, 3.63) is 68.7 Å². The number of nitrogens with zero attached hydrogens (tertiary/aromatic N) is 2. The molecule has 8 nitrogen and oxygen atoms in total. The lowest BCUT2D eigenvalue weighted by Gasteiger charge is -2.11. The van der Waals surface area contributed by atoms with Gasteiger partial charge in [0.1, 0.15) is 5.69 Å². The van der Waals surface area contributed by atoms with Crippen LogP contribution in [0.3, 0.4) is 0 Å². The summed E-state index contributed by atoms with van der Waals surface area (Å²) in [4.78, 5) is 37.8. The smallest absolute Gasteiger partial charge is 0.340 e. The lowest BCUT2D eigenvalue weighted by atomic mass is 10.2. The standard InChI is InChI=1S/C20H17I3N4O4/c1-10-18(19(29)27(26(10)2)11-6-4-3-5-7-11)25-14(28)9-31-20(30)15-12(21)8-13(22)17(24)16(15)23/h3-8H,9,24H2,1-2H3,(H,25,28). The Labute approximate surface area is 218 Å². The summed E-state index contributed by atoms with van der Waals surface area (Å²) in [5, 5.41) is 2.57. The lowest BCUT2D eigenvalue weighted by Crippen LogP contribution is -2.26. The number of carbonyl (C=O) groups is 2. The fourth-order valence-corrected chi connectivity index (χ4v) is 6.70. The van der Waals surface area contributed by atoms with Crippen LogP contribution in [0.5, 0.6) is 0 Å². The first kappa shape index (κ1) is 24.0. The quantitative estimate of drug-likeness (QED) is 0.235. The topological polar surface area (TPSA) is 108 Å². The first-order valence-corrected chi connectivity index (χ1v) is 12.1. The van der Waals surface area contributed by atoms with E-state index in [0.29, 0.717) is 29.8 Å². The van der Waals surface area contributed by atoms with Gasteiger partial charge in [-0.3, -0.25) is 14.3 Å². The van der Waals surface area contributed by atoms with Gasteiger partial charge in [0.15, 0.2) is 6.61 Å². The summed E-state index contributed by atoms with van der Waals surface area (Å²) >= 11 is 6.10. The Balaban J connectivity index is 1.76. The summed E-state index contributed by atoms with van der Waals surface area (Å²) in [7, 11) is 1.73. The number of nitrogens with two attached hydrogens (primary N) is 1. The van der Waals surface area contributed by atoms with Crippen LogP contribution in [0.4, 0.5) is 11.4 Å². The zero-order valence-corrected chi connectivity index (χ0v) is 22.9. The molecule has 162 valence electrons. The second-order valence-corrected chi connectivity index (χ2v) is 9.91. The highest BCUT2D eigenvalue weighted by atomic mass is 127. The van der Waals surface area contributed by atoms with E-state index in [0.717, 1.165) is 3.57 Å². The Morgan fingerprint density at radius 1 is 1.13 bits per heavy atom. The Kier molecular flexibility index (Phi) is 7.67. The van der Waals surface area contributed by atoms with Gasteiger partial charge in [-0.25, -0.2) is 9.48 Å². The van der Waals surface area contributed by atoms with Gasteiger partial charge in [0.2, 0.25) is 0 Å². The zero-order chi connectivity index (χ0) is 22.9. The van der Waals surface area contributed by atoms with E-state index in [1.165, 1.54) is 4.68 Å². The highest BCUT2D eigenvalue weighted by molar-refractivity contribution is 14.1. The second-order valence-electron chi connectivity index (χ2n) is 6.50. The number of esters is 1. The van der Waals surface area contributed by atoms with Crippen molar-refractivity contribution in [3.8, 4) is 5.69 Å². The number of para-hydroxylation sites is 1. The largest absolute Gasteiger partial charge is 0.452 e. The number of carbonyl (C=O) groups excluding carboxylic acids is 2. The van der Waals surface area contributed by atoms with Crippen LogP contribution in [0.1, 0.15) is 16.1 Å². The predicted molar refractivity (Wildman–Crippen MR) is 144 cm³/mol. The number of nitrogen functional groups attached to an aromatic ring is 1. The summed E-state index contributed by atoms with van der Waals surface area (Å²) in [6.07, 6.45) is 0. The molecular formula is C20H17I3N4O4. The van der Waals surface area contributed by atoms with E-state index in [9.17, 15) is 14.4 Å². The molecule has 11 heteroatoms. The monoisotopic (exact) mass is 758 g/mol. The molecule has 3 aromatic rings. The minimum absolute atomic E-state index is 0.134. The van der Waals surface area contributed by atoms with Crippen LogP contribution < -0.4 is 16.6 Å². The van der Waals surface area contributed by atoms with Crippen LogP contribution in [0.2, 0.25) is 0 Å². The first-order valence-electron chi connectivity index (χ1n) is 8.87. The second kappa shape index (κ2) is 9.89. The molecule has 0 saturated carbocycles. The molecule has 0 radical (unpaired) electrons. The van der Waals surface area contributed by atoms with Gasteiger partial charge in [0, 0.05) is 14.2 Å². The van der Waals surface area contributed by atoms with Gasteiger partial charge in [0.05, 0.1) is 26.2 Å². The number of rotatable bonds is 5. The van der Waals surface area contributed by atoms with Crippen molar-refractivity contribution in [3.63, 3.8) is 0 Å². The third-order valence-corrected chi connectivity index (χ3v) is 7.43. The molecule has 0 atom stereocenters. The molecule has 3 N–H and O–H groups in total. The van der Waals surface area contributed by atoms with Crippen molar-refractivity contribution in [2.24, 2.45) is 7.05 Å². The Morgan fingerprint density at radius 3 is 2.42 bits per heavy atom. The van der Waals surface area contributed by atoms with Crippen LogP contribution >= 0.6 is 67.8 Å². The number of hydrogen-bond acceptors (Lipinski definition) is 5. The fraction of sp³-hybridized carbons (Fsp3) is 0.150. The van der Waals surface area contributed by atoms with E-state index >= 15 is 0 Å². The van der Waals surface area contributed by atoms with Crippen LogP contribution in [-0.4, -0.2) is 27.8 Å². The number of aromatic nitrogens is 2. The summed E-state index contributed by atoms with van der Waals surface area (Å²) in [5.74, 6) is -1.26. The molecule has 0 bridgehead atoms. The van der Waals surface area contributed by atoms with Crippen molar-refractivity contribution >= 4 is 91.0 Å². The summed E-state index contributed by atoms with van der Waals surface area (Å²) in [5.41, 5.74) is 7.80. The highest BCUT2D eigenvalue weighted by Crippen LogP contribution is 2.30. The van der Waals surface area contributed by atoms with E-state index < -0.39 is 18.5 Å². The SMILES string of the molecule is Cc1c(NC(=O)COC(=O)c2c(I)cc(I)c(N)c2I)c(=O)n(-c2ccccc2)n1C. The van der Waals surface area contributed by atoms with Gasteiger partial charge < -0.3 is 15.8 Å². The molecule has 0 fully saturated rings. The van der Waals surface area contributed by atoms with Gasteiger partial charge in [-0.2, -0.15) is 0 Å². The van der Waals surface area contributed by atoms with Crippen LogP contribution in [0.25, 0.3) is 5.69 Å². The molecule has 3 rings (SSSR count). The molecule has 2 aromatic carbocycles. The average Bonchev–Trinajstić information content (AvgIpc) is 2.94. The number of ether oxygens (including phenoxy) is 1. The van der Waals surface area contributed by atoms with Crippen LogP contribution in [0, 0.1) is 17.6 Å². The van der Waals surface area contributed by atoms with Gasteiger partial charge in [-0.1, -0.05) is 18.2 Å². The number of benzene rings is 2. The van der Waals surface area contributed by atoms with Crippen molar-refractivity contribution < 1.29 is 14.3 Å². The van der Waals surface area contributed by atoms with Gasteiger partial charge in [-0.05, 0) is 92.9 Å². The van der Waals surface area contributed by atoms with Crippen molar-refractivity contribution in [1.82, 2.24) is 9.36 Å². The maximum Gasteiger partial charge on any atom is 0.340 e. The molecule has 1 aromatic heterocycles. The fourth-order valence-electron chi connectivity index (χ4n) is 2.88. The van der Waals surface area contributed by atoms with Gasteiger partial charge >= 0.3 is 5.97 Å². The Morgan fingerprint density at radius 2 is 1.77 bits per heavy atom. The first-order chi connectivity index (χ1) is 14.6. The molecule has 0 spiro atoms. The molecule has 0 aliphatic heterocycles. The third-order valence-electron chi connectivity index (χ3n) is 4.56. The maximum atomic E-state index is 12.9. The minimum atomic E-state index is -0.654. The average molecular weight is 758 g/mol. The summed E-state index contributed by atoms with van der Waals surface area (Å²) in [6.45, 7) is 1.19. The van der Waals surface area contributed by atoms with E-state index in [1.807, 2.05) is 63.4 Å². The zero-order valence-electron chi connectivity index (χ0n) is 16.4. The maximum absolute atomic E-state index is 12.9. The number of hydrogen-bond donors (Lipinski definition) is 2. The summed E-state index contributed by atoms with van der Waals surface area (Å²) in [6, 6.07) is 10.9. The van der Waals surface area contributed by atoms with E-state index in [4.69, 9.17) is 10.5 Å². The number of amides is 1. The molecular weight excluding hydrogens is 741 g/mol. The third kappa shape index (κ3) is 4.92.